The zero-order valence-corrected chi connectivity index (χ0v) is 17.7. The van der Waals surface area contributed by atoms with Gasteiger partial charge < -0.3 is 14.5 Å². The Morgan fingerprint density at radius 2 is 1.97 bits per heavy atom. The highest BCUT2D eigenvalue weighted by molar-refractivity contribution is 6.07. The lowest BCUT2D eigenvalue weighted by Gasteiger charge is -2.32. The van der Waals surface area contributed by atoms with Crippen molar-refractivity contribution < 1.29 is 13.9 Å². The number of halogens is 1. The molecular weight excluding hydrogens is 395 g/mol. The predicted molar refractivity (Wildman–Crippen MR) is 117 cm³/mol. The fourth-order valence-corrected chi connectivity index (χ4v) is 4.76. The minimum absolute atomic E-state index is 0.145. The number of carbonyl (C=O) groups is 1. The third-order valence-corrected chi connectivity index (χ3v) is 6.46. The molecule has 0 N–H and O–H groups in total. The van der Waals surface area contributed by atoms with Crippen molar-refractivity contribution >= 4 is 11.7 Å². The van der Waals surface area contributed by atoms with E-state index < -0.39 is 0 Å². The molecule has 2 unspecified atom stereocenters. The highest BCUT2D eigenvalue weighted by Gasteiger charge is 2.45. The van der Waals surface area contributed by atoms with Gasteiger partial charge >= 0.3 is 6.03 Å². The topological polar surface area (TPSA) is 48.4 Å². The fourth-order valence-electron chi connectivity index (χ4n) is 4.76. The predicted octanol–water partition coefficient (Wildman–Crippen LogP) is 3.74. The van der Waals surface area contributed by atoms with Gasteiger partial charge in [0.15, 0.2) is 0 Å². The minimum Gasteiger partial charge on any atom is -0.492 e. The molecule has 3 heterocycles. The molecule has 1 saturated heterocycles. The van der Waals surface area contributed by atoms with Gasteiger partial charge in [0.2, 0.25) is 0 Å². The number of carbonyl (C=O) groups excluding carboxylic acids is 1. The molecule has 1 fully saturated rings. The number of hydrogen-bond donors (Lipinski definition) is 0. The number of likely N-dealkylation sites (N-methyl/N-ethyl adjacent to an activating group) is 1. The Bertz CT molecular complexity index is 990. The van der Waals surface area contributed by atoms with E-state index in [9.17, 15) is 9.18 Å². The van der Waals surface area contributed by atoms with Gasteiger partial charge in [-0.3, -0.25) is 0 Å². The van der Waals surface area contributed by atoms with Crippen LogP contribution >= 0.6 is 0 Å². The van der Waals surface area contributed by atoms with E-state index in [1.54, 1.807) is 16.0 Å². The van der Waals surface area contributed by atoms with Crippen LogP contribution in [0.1, 0.15) is 30.0 Å². The summed E-state index contributed by atoms with van der Waals surface area (Å²) >= 11 is 0. The third kappa shape index (κ3) is 3.78. The van der Waals surface area contributed by atoms with Crippen molar-refractivity contribution in [2.45, 2.75) is 18.9 Å². The molecule has 0 radical (unpaired) electrons. The molecule has 2 atom stereocenters. The molecule has 3 aliphatic rings. The van der Waals surface area contributed by atoms with Gasteiger partial charge in [-0.1, -0.05) is 30.3 Å². The number of hydrogen-bond acceptors (Lipinski definition) is 4. The smallest absolute Gasteiger partial charge is 0.340 e. The lowest BCUT2D eigenvalue weighted by atomic mass is 9.86. The average molecular weight is 423 g/mol. The first kappa shape index (κ1) is 20.0. The van der Waals surface area contributed by atoms with Crippen LogP contribution in [0.25, 0.3) is 0 Å². The second-order valence-electron chi connectivity index (χ2n) is 8.50. The van der Waals surface area contributed by atoms with Crippen LogP contribution in [-0.4, -0.2) is 66.4 Å². The summed E-state index contributed by atoms with van der Waals surface area (Å²) < 4.78 is 19.9. The van der Waals surface area contributed by atoms with E-state index in [4.69, 9.17) is 9.84 Å². The molecule has 6 nitrogen and oxygen atoms in total. The number of hydrazone groups is 1. The summed E-state index contributed by atoms with van der Waals surface area (Å²) in [5, 5.41) is 6.32. The molecule has 0 aromatic heterocycles. The maximum Gasteiger partial charge on any atom is 0.340 e. The molecule has 2 aromatic carbocycles. The molecule has 31 heavy (non-hydrogen) atoms. The van der Waals surface area contributed by atoms with Crippen LogP contribution in [0.3, 0.4) is 0 Å². The molecule has 7 heteroatoms. The van der Waals surface area contributed by atoms with Crippen LogP contribution in [0.5, 0.6) is 5.75 Å². The zero-order chi connectivity index (χ0) is 21.4. The van der Waals surface area contributed by atoms with Gasteiger partial charge in [-0.25, -0.2) is 14.2 Å². The minimum atomic E-state index is -0.338. The normalized spacial score (nSPS) is 22.5. The number of ether oxygens (including phenoxy) is 1. The Kier molecular flexibility index (Phi) is 5.36. The van der Waals surface area contributed by atoms with Crippen LogP contribution in [0.4, 0.5) is 9.18 Å². The first-order valence-electron chi connectivity index (χ1n) is 10.9. The van der Waals surface area contributed by atoms with Crippen LogP contribution < -0.4 is 4.74 Å². The molecular formula is C24H27FN4O2. The summed E-state index contributed by atoms with van der Waals surface area (Å²) in [6, 6.07) is 13.9. The monoisotopic (exact) mass is 422 g/mol. The molecule has 2 aromatic rings. The SMILES string of the molecule is CN(CCN1CCCC1)C(=O)N1N=C2c3cc(F)ccc3OCC2C1c1ccccc1. The number of amides is 2. The first-order chi connectivity index (χ1) is 15.1. The summed E-state index contributed by atoms with van der Waals surface area (Å²) in [4.78, 5) is 17.6. The molecule has 0 saturated carbocycles. The highest BCUT2D eigenvalue weighted by atomic mass is 19.1. The Morgan fingerprint density at radius 1 is 1.19 bits per heavy atom. The van der Waals surface area contributed by atoms with Gasteiger partial charge in [0.05, 0.1) is 24.3 Å². The van der Waals surface area contributed by atoms with Crippen LogP contribution in [0, 0.1) is 11.7 Å². The van der Waals surface area contributed by atoms with Crippen molar-refractivity contribution in [2.75, 3.05) is 39.8 Å². The van der Waals surface area contributed by atoms with Gasteiger partial charge in [-0.05, 0) is 49.7 Å². The van der Waals surface area contributed by atoms with Crippen molar-refractivity contribution in [3.8, 4) is 5.75 Å². The van der Waals surface area contributed by atoms with Gasteiger partial charge in [-0.15, -0.1) is 0 Å². The first-order valence-corrected chi connectivity index (χ1v) is 10.9. The second-order valence-corrected chi connectivity index (χ2v) is 8.50. The van der Waals surface area contributed by atoms with Crippen molar-refractivity contribution in [1.29, 1.82) is 0 Å². The van der Waals surface area contributed by atoms with E-state index in [2.05, 4.69) is 4.90 Å². The van der Waals surface area contributed by atoms with E-state index in [0.29, 0.717) is 24.5 Å². The van der Waals surface area contributed by atoms with E-state index >= 15 is 0 Å². The summed E-state index contributed by atoms with van der Waals surface area (Å²) in [5.74, 6) is 0.127. The van der Waals surface area contributed by atoms with Crippen molar-refractivity contribution in [3.63, 3.8) is 0 Å². The molecule has 3 aliphatic heterocycles. The maximum atomic E-state index is 14.0. The number of rotatable bonds is 4. The van der Waals surface area contributed by atoms with E-state index in [1.165, 1.54) is 25.0 Å². The Balaban J connectivity index is 1.45. The van der Waals surface area contributed by atoms with E-state index in [1.807, 2.05) is 37.4 Å². The lowest BCUT2D eigenvalue weighted by Crippen LogP contribution is -2.43. The molecule has 2 amide bonds. The summed E-state index contributed by atoms with van der Waals surface area (Å²) in [6.07, 6.45) is 2.45. The number of benzene rings is 2. The number of nitrogens with zero attached hydrogens (tertiary/aromatic N) is 4. The molecule has 162 valence electrons. The zero-order valence-electron chi connectivity index (χ0n) is 17.7. The van der Waals surface area contributed by atoms with Crippen molar-refractivity contribution in [2.24, 2.45) is 11.0 Å². The average Bonchev–Trinajstić information content (AvgIpc) is 3.45. The van der Waals surface area contributed by atoms with Gasteiger partial charge in [0, 0.05) is 25.7 Å². The number of likely N-dealkylation sites (tertiary alicyclic amines) is 1. The Hall–Kier alpha value is -2.93. The lowest BCUT2D eigenvalue weighted by molar-refractivity contribution is 0.130. The van der Waals surface area contributed by atoms with Crippen LogP contribution in [0.15, 0.2) is 53.6 Å². The molecule has 0 spiro atoms. The Labute approximate surface area is 181 Å². The number of fused-ring (bicyclic) bond motifs is 3. The second kappa shape index (κ2) is 8.30. The number of urea groups is 1. The largest absolute Gasteiger partial charge is 0.492 e. The van der Waals surface area contributed by atoms with Gasteiger partial charge in [-0.2, -0.15) is 5.10 Å². The van der Waals surface area contributed by atoms with Crippen molar-refractivity contribution in [1.82, 2.24) is 14.8 Å². The summed E-state index contributed by atoms with van der Waals surface area (Å²) in [5.41, 5.74) is 2.35. The van der Waals surface area contributed by atoms with Gasteiger partial charge in [0.1, 0.15) is 11.6 Å². The Morgan fingerprint density at radius 3 is 2.74 bits per heavy atom. The summed E-state index contributed by atoms with van der Waals surface area (Å²) in [7, 11) is 1.83. The fraction of sp³-hybridized carbons (Fsp3) is 0.417. The quantitative estimate of drug-likeness (QED) is 0.754. The third-order valence-electron chi connectivity index (χ3n) is 6.46. The van der Waals surface area contributed by atoms with E-state index in [0.717, 1.165) is 30.9 Å². The van der Waals surface area contributed by atoms with Crippen LogP contribution in [0.2, 0.25) is 0 Å². The highest BCUT2D eigenvalue weighted by Crippen LogP contribution is 2.42. The van der Waals surface area contributed by atoms with E-state index in [-0.39, 0.29) is 23.8 Å². The summed E-state index contributed by atoms with van der Waals surface area (Å²) in [6.45, 7) is 4.11. The van der Waals surface area contributed by atoms with Crippen LogP contribution in [-0.2, 0) is 0 Å². The molecule has 0 bridgehead atoms. The maximum absolute atomic E-state index is 14.0. The van der Waals surface area contributed by atoms with Gasteiger partial charge in [0.25, 0.3) is 0 Å². The van der Waals surface area contributed by atoms with Crippen molar-refractivity contribution in [3.05, 3.63) is 65.5 Å². The standard InChI is InChI=1S/C24H27FN4O2/c1-27(13-14-28-11-5-6-12-28)24(30)29-23(17-7-3-2-4-8-17)20-16-31-21-10-9-18(25)15-19(21)22(20)26-29/h2-4,7-10,15,20,23H,5-6,11-14,16H2,1H3. The molecule has 0 aliphatic carbocycles. The molecule has 5 rings (SSSR count).